The summed E-state index contributed by atoms with van der Waals surface area (Å²) in [5, 5.41) is 7.80. The van der Waals surface area contributed by atoms with Crippen LogP contribution in [0.5, 0.6) is 5.75 Å². The number of nitrogens with zero attached hydrogens (tertiary/aromatic N) is 3. The normalized spacial score (nSPS) is 24.1. The van der Waals surface area contributed by atoms with Crippen LogP contribution in [-0.2, 0) is 17.4 Å². The molecule has 1 atom stereocenters. The van der Waals surface area contributed by atoms with Crippen LogP contribution >= 0.6 is 18.7 Å². The third-order valence-electron chi connectivity index (χ3n) is 8.95. The lowest BCUT2D eigenvalue weighted by molar-refractivity contribution is 0.170. The maximum atomic E-state index is 13.2. The second-order valence-corrected chi connectivity index (χ2v) is 16.0. The number of hydrogen-bond acceptors (Lipinski definition) is 7. The summed E-state index contributed by atoms with van der Waals surface area (Å²) in [5.41, 5.74) is 4.57. The molecular formula is C31H37ClN5O2P. The summed E-state index contributed by atoms with van der Waals surface area (Å²) in [5.74, 6) is 2.63. The molecule has 8 rings (SSSR count). The molecule has 0 radical (unpaired) electrons. The van der Waals surface area contributed by atoms with E-state index in [1.807, 2.05) is 18.2 Å². The molecule has 0 amide bonds. The smallest absolute Gasteiger partial charge is 0.229 e. The number of benzene rings is 2. The van der Waals surface area contributed by atoms with Gasteiger partial charge in [-0.2, -0.15) is 4.98 Å². The van der Waals surface area contributed by atoms with E-state index in [0.29, 0.717) is 27.8 Å². The molecule has 3 heterocycles. The number of halogens is 1. The molecule has 5 aliphatic rings. The average molecular weight is 578 g/mol. The quantitative estimate of drug-likeness (QED) is 0.226. The van der Waals surface area contributed by atoms with Gasteiger partial charge in [-0.1, -0.05) is 17.7 Å². The highest BCUT2D eigenvalue weighted by molar-refractivity contribution is 7.70. The molecule has 0 unspecified atom stereocenters. The highest BCUT2D eigenvalue weighted by Crippen LogP contribution is 2.44. The molecule has 2 saturated heterocycles. The summed E-state index contributed by atoms with van der Waals surface area (Å²) in [6, 6.07) is 13.9. The predicted molar refractivity (Wildman–Crippen MR) is 163 cm³/mol. The van der Waals surface area contributed by atoms with Crippen molar-refractivity contribution in [3.63, 3.8) is 0 Å². The molecule has 2 aromatic carbocycles. The van der Waals surface area contributed by atoms with Gasteiger partial charge in [-0.05, 0) is 112 Å². The van der Waals surface area contributed by atoms with E-state index in [1.165, 1.54) is 43.4 Å². The summed E-state index contributed by atoms with van der Waals surface area (Å²) in [6.07, 6.45) is 11.6. The third-order valence-corrected chi connectivity index (χ3v) is 10.8. The molecule has 4 fully saturated rings. The number of ether oxygens (including phenoxy) is 1. The van der Waals surface area contributed by atoms with Crippen molar-refractivity contribution in [3.05, 3.63) is 58.7 Å². The van der Waals surface area contributed by atoms with Crippen molar-refractivity contribution in [1.29, 1.82) is 0 Å². The van der Waals surface area contributed by atoms with E-state index in [-0.39, 0.29) is 6.10 Å². The minimum Gasteiger partial charge on any atom is -0.490 e. The summed E-state index contributed by atoms with van der Waals surface area (Å²) < 4.78 is 19.1. The molecule has 40 heavy (non-hydrogen) atoms. The van der Waals surface area contributed by atoms with Crippen molar-refractivity contribution in [2.75, 3.05) is 30.5 Å². The second-order valence-electron chi connectivity index (χ2n) is 12.4. The summed E-state index contributed by atoms with van der Waals surface area (Å²) in [7, 11) is -2.60. The molecule has 2 bridgehead atoms. The van der Waals surface area contributed by atoms with E-state index in [2.05, 4.69) is 43.7 Å². The van der Waals surface area contributed by atoms with Crippen molar-refractivity contribution in [2.45, 2.75) is 69.6 Å². The Bertz CT molecular complexity index is 1480. The predicted octanol–water partition coefficient (Wildman–Crippen LogP) is 6.75. The van der Waals surface area contributed by atoms with Crippen molar-refractivity contribution >= 4 is 47.2 Å². The number of aromatic nitrogens is 2. The van der Waals surface area contributed by atoms with Crippen LogP contribution in [0.3, 0.4) is 0 Å². The number of aryl methyl sites for hydroxylation is 2. The van der Waals surface area contributed by atoms with Gasteiger partial charge in [-0.25, -0.2) is 4.98 Å². The summed E-state index contributed by atoms with van der Waals surface area (Å²) in [4.78, 5) is 11.9. The van der Waals surface area contributed by atoms with E-state index in [9.17, 15) is 4.57 Å². The Kier molecular flexibility index (Phi) is 6.80. The molecule has 0 spiro atoms. The zero-order valence-electron chi connectivity index (χ0n) is 23.2. The van der Waals surface area contributed by atoms with E-state index in [0.717, 1.165) is 55.1 Å². The fourth-order valence-corrected chi connectivity index (χ4v) is 7.89. The third kappa shape index (κ3) is 5.48. The van der Waals surface area contributed by atoms with Gasteiger partial charge in [0.2, 0.25) is 5.95 Å². The highest BCUT2D eigenvalue weighted by Gasteiger charge is 2.45. The highest BCUT2D eigenvalue weighted by atomic mass is 35.5. The number of anilines is 4. The van der Waals surface area contributed by atoms with E-state index in [1.54, 1.807) is 19.5 Å². The Morgan fingerprint density at radius 1 is 0.975 bits per heavy atom. The van der Waals surface area contributed by atoms with Crippen LogP contribution in [-0.4, -0.2) is 52.9 Å². The van der Waals surface area contributed by atoms with Gasteiger partial charge in [0.15, 0.2) is 5.82 Å². The van der Waals surface area contributed by atoms with Crippen LogP contribution in [0.15, 0.2) is 42.6 Å². The lowest BCUT2D eigenvalue weighted by Gasteiger charge is -2.32. The first-order chi connectivity index (χ1) is 19.3. The molecule has 3 aliphatic carbocycles. The SMILES string of the molecule is CP(C)(=O)c1cc(OC2CC2)ccc1Nc1nc(Nc2ccc3c(c2)CC[C@@H](N2CC4CC2C4)CC3)ncc1Cl. The molecule has 3 aromatic rings. The summed E-state index contributed by atoms with van der Waals surface area (Å²) in [6.45, 7) is 4.84. The largest absolute Gasteiger partial charge is 0.490 e. The lowest BCUT2D eigenvalue weighted by Crippen LogP contribution is -2.37. The first-order valence-electron chi connectivity index (χ1n) is 14.6. The first-order valence-corrected chi connectivity index (χ1v) is 17.6. The first kappa shape index (κ1) is 26.3. The molecular weight excluding hydrogens is 541 g/mol. The van der Waals surface area contributed by atoms with Crippen LogP contribution in [0.4, 0.5) is 23.1 Å². The Balaban J connectivity index is 1.07. The second kappa shape index (κ2) is 10.3. The average Bonchev–Trinajstić information content (AvgIpc) is 3.54. The van der Waals surface area contributed by atoms with Crippen molar-refractivity contribution in [1.82, 2.24) is 14.9 Å². The molecule has 210 valence electrons. The van der Waals surface area contributed by atoms with E-state index >= 15 is 0 Å². The van der Waals surface area contributed by atoms with Crippen LogP contribution in [0.25, 0.3) is 0 Å². The van der Waals surface area contributed by atoms with Gasteiger partial charge in [0, 0.05) is 29.6 Å². The topological polar surface area (TPSA) is 79.4 Å². The Hall–Kier alpha value is -2.60. The van der Waals surface area contributed by atoms with Gasteiger partial charge < -0.3 is 19.9 Å². The Labute approximate surface area is 241 Å². The zero-order chi connectivity index (χ0) is 27.4. The van der Waals surface area contributed by atoms with E-state index in [4.69, 9.17) is 16.3 Å². The van der Waals surface area contributed by atoms with Crippen molar-refractivity contribution in [3.8, 4) is 5.75 Å². The Morgan fingerprint density at radius 2 is 1.77 bits per heavy atom. The van der Waals surface area contributed by atoms with E-state index < -0.39 is 7.14 Å². The van der Waals surface area contributed by atoms with Gasteiger partial charge in [0.05, 0.1) is 18.0 Å². The van der Waals surface area contributed by atoms with Crippen LogP contribution in [0.1, 0.15) is 49.7 Å². The lowest BCUT2D eigenvalue weighted by atomic mass is 9.86. The molecule has 2 aliphatic heterocycles. The molecule has 2 saturated carbocycles. The van der Waals surface area contributed by atoms with Gasteiger partial charge in [0.1, 0.15) is 17.9 Å². The zero-order valence-corrected chi connectivity index (χ0v) is 24.8. The fourth-order valence-electron chi connectivity index (χ4n) is 6.60. The standard InChI is InChI=1S/C31H37ClN5O2P/c1-40(2,38)29-16-26(39-25-9-10-25)11-12-28(29)35-30-27(32)17-33-31(36-30)34-22-6-3-20-4-7-23(8-5-21(20)15-22)37-18-19-13-24(37)14-19/h3,6,11-12,15-17,19,23-25H,4-5,7-10,13-14,18H2,1-2H3,(H2,33,34,35,36)/t19?,23-,24?/m0/s1. The van der Waals surface area contributed by atoms with Gasteiger partial charge >= 0.3 is 0 Å². The monoisotopic (exact) mass is 577 g/mol. The van der Waals surface area contributed by atoms with Crippen LogP contribution in [0.2, 0.25) is 5.02 Å². The maximum absolute atomic E-state index is 13.2. The minimum atomic E-state index is -2.60. The number of nitrogens with one attached hydrogen (secondary N) is 2. The Morgan fingerprint density at radius 3 is 2.50 bits per heavy atom. The fraction of sp³-hybridized carbons (Fsp3) is 0.484. The van der Waals surface area contributed by atoms with Gasteiger partial charge in [-0.15, -0.1) is 0 Å². The van der Waals surface area contributed by atoms with Gasteiger partial charge in [0.25, 0.3) is 0 Å². The maximum Gasteiger partial charge on any atom is 0.229 e. The van der Waals surface area contributed by atoms with Gasteiger partial charge in [-0.3, -0.25) is 4.90 Å². The molecule has 2 N–H and O–H groups in total. The van der Waals surface area contributed by atoms with Crippen molar-refractivity contribution in [2.24, 2.45) is 5.92 Å². The van der Waals surface area contributed by atoms with Crippen LogP contribution < -0.4 is 20.7 Å². The number of hydrogen-bond donors (Lipinski definition) is 2. The van der Waals surface area contributed by atoms with Crippen molar-refractivity contribution < 1.29 is 9.30 Å². The number of fused-ring (bicyclic) bond motifs is 2. The summed E-state index contributed by atoms with van der Waals surface area (Å²) >= 11 is 6.50. The van der Waals surface area contributed by atoms with Crippen LogP contribution in [0, 0.1) is 5.92 Å². The molecule has 1 aromatic heterocycles. The minimum absolute atomic E-state index is 0.273. The number of rotatable bonds is 8. The molecule has 9 heteroatoms. The molecule has 7 nitrogen and oxygen atoms in total.